The van der Waals surface area contributed by atoms with Crippen molar-refractivity contribution in [3.8, 4) is 0 Å². The highest BCUT2D eigenvalue weighted by atomic mass is 32.1. The van der Waals surface area contributed by atoms with Gasteiger partial charge in [-0.3, -0.25) is 4.79 Å². The number of rotatable bonds is 5. The van der Waals surface area contributed by atoms with Crippen LogP contribution in [0.25, 0.3) is 0 Å². The summed E-state index contributed by atoms with van der Waals surface area (Å²) in [5.41, 5.74) is 1.68. The molecule has 6 heteroatoms. The van der Waals surface area contributed by atoms with Gasteiger partial charge in [0.05, 0.1) is 17.5 Å². The average molecular weight is 344 g/mol. The third-order valence-electron chi connectivity index (χ3n) is 4.43. The molecule has 1 aliphatic rings. The first-order chi connectivity index (χ1) is 11.5. The molecule has 0 radical (unpaired) electrons. The van der Waals surface area contributed by atoms with Gasteiger partial charge in [0.15, 0.2) is 0 Å². The Hall–Kier alpha value is -2.21. The molecule has 0 unspecified atom stereocenters. The third-order valence-corrected chi connectivity index (χ3v) is 5.59. The van der Waals surface area contributed by atoms with Gasteiger partial charge in [-0.25, -0.2) is 9.78 Å². The highest BCUT2D eigenvalue weighted by Crippen LogP contribution is 2.40. The molecule has 1 heterocycles. The van der Waals surface area contributed by atoms with Crippen molar-refractivity contribution in [1.29, 1.82) is 0 Å². The topological polar surface area (TPSA) is 79.3 Å². The maximum atomic E-state index is 12.5. The van der Waals surface area contributed by atoms with Crippen LogP contribution in [0.15, 0.2) is 29.6 Å². The average Bonchev–Trinajstić information content (AvgIpc) is 3.17. The molecule has 1 aromatic carbocycles. The molecule has 5 nitrogen and oxygen atoms in total. The number of carbonyl (C=O) groups is 2. The second-order valence-electron chi connectivity index (χ2n) is 6.31. The second-order valence-corrected chi connectivity index (χ2v) is 7.17. The van der Waals surface area contributed by atoms with E-state index in [1.165, 1.54) is 12.1 Å². The predicted octanol–water partition coefficient (Wildman–Crippen LogP) is 3.28. The number of carboxylic acid groups (broad SMARTS) is 1. The van der Waals surface area contributed by atoms with E-state index in [1.807, 2.05) is 12.3 Å². The summed E-state index contributed by atoms with van der Waals surface area (Å²) < 4.78 is 0. The molecule has 2 aromatic rings. The number of aromatic nitrogens is 1. The Labute approximate surface area is 144 Å². The number of hydrogen-bond acceptors (Lipinski definition) is 4. The van der Waals surface area contributed by atoms with Crippen LogP contribution in [0.1, 0.15) is 52.3 Å². The monoisotopic (exact) mass is 344 g/mol. The summed E-state index contributed by atoms with van der Waals surface area (Å²) in [5.74, 6) is -1.01. The lowest BCUT2D eigenvalue weighted by atomic mass is 9.97. The van der Waals surface area contributed by atoms with Crippen LogP contribution in [-0.2, 0) is 16.8 Å². The lowest BCUT2D eigenvalue weighted by Crippen LogP contribution is -2.44. The van der Waals surface area contributed by atoms with Gasteiger partial charge in [-0.15, -0.1) is 11.3 Å². The van der Waals surface area contributed by atoms with E-state index in [1.54, 1.807) is 23.5 Å². The van der Waals surface area contributed by atoms with E-state index in [2.05, 4.69) is 10.3 Å². The van der Waals surface area contributed by atoms with Crippen molar-refractivity contribution in [2.45, 2.75) is 44.6 Å². The van der Waals surface area contributed by atoms with Gasteiger partial charge in [-0.1, -0.05) is 25.0 Å². The van der Waals surface area contributed by atoms with Gasteiger partial charge in [-0.05, 0) is 37.5 Å². The first-order valence-corrected chi connectivity index (χ1v) is 8.92. The van der Waals surface area contributed by atoms with E-state index in [0.29, 0.717) is 0 Å². The first kappa shape index (κ1) is 16.6. The van der Waals surface area contributed by atoms with E-state index in [-0.39, 0.29) is 23.4 Å². The van der Waals surface area contributed by atoms with Crippen LogP contribution in [0.2, 0.25) is 0 Å². The molecule has 0 aliphatic heterocycles. The largest absolute Gasteiger partial charge is 0.478 e. The van der Waals surface area contributed by atoms with Crippen LogP contribution >= 0.6 is 11.3 Å². The van der Waals surface area contributed by atoms with E-state index in [0.717, 1.165) is 41.9 Å². The molecule has 3 rings (SSSR count). The molecule has 1 fully saturated rings. The number of hydrogen-bond donors (Lipinski definition) is 2. The molecule has 1 aromatic heterocycles. The summed E-state index contributed by atoms with van der Waals surface area (Å²) >= 11 is 1.61. The Kier molecular flexibility index (Phi) is 4.66. The molecule has 24 heavy (non-hydrogen) atoms. The minimum atomic E-state index is -0.963. The summed E-state index contributed by atoms with van der Waals surface area (Å²) in [4.78, 5) is 28.0. The quantitative estimate of drug-likeness (QED) is 0.872. The maximum Gasteiger partial charge on any atom is 0.335 e. The van der Waals surface area contributed by atoms with Crippen molar-refractivity contribution in [3.05, 3.63) is 51.5 Å². The fraction of sp³-hybridized carbons (Fsp3) is 0.389. The van der Waals surface area contributed by atoms with Gasteiger partial charge in [0, 0.05) is 11.1 Å². The van der Waals surface area contributed by atoms with Crippen molar-refractivity contribution in [2.75, 3.05) is 0 Å². The first-order valence-electron chi connectivity index (χ1n) is 8.04. The molecule has 1 aliphatic carbocycles. The number of nitrogens with one attached hydrogen (secondary N) is 1. The van der Waals surface area contributed by atoms with Crippen LogP contribution in [0.3, 0.4) is 0 Å². The molecule has 126 valence electrons. The molecule has 2 N–H and O–H groups in total. The number of nitrogens with zero attached hydrogens (tertiary/aromatic N) is 1. The van der Waals surface area contributed by atoms with E-state index in [9.17, 15) is 9.59 Å². The summed E-state index contributed by atoms with van der Waals surface area (Å²) in [6.45, 7) is 1.97. The van der Waals surface area contributed by atoms with Gasteiger partial charge in [-0.2, -0.15) is 0 Å². The Morgan fingerprint density at radius 1 is 1.25 bits per heavy atom. The van der Waals surface area contributed by atoms with Gasteiger partial charge < -0.3 is 10.4 Å². The Bertz CT molecular complexity index is 746. The summed E-state index contributed by atoms with van der Waals surface area (Å²) in [7, 11) is 0. The number of thiazole rings is 1. The lowest BCUT2D eigenvalue weighted by Gasteiger charge is -2.28. The Balaban J connectivity index is 1.71. The van der Waals surface area contributed by atoms with Crippen molar-refractivity contribution < 1.29 is 14.7 Å². The Morgan fingerprint density at radius 3 is 2.46 bits per heavy atom. The van der Waals surface area contributed by atoms with Crippen molar-refractivity contribution >= 4 is 23.2 Å². The van der Waals surface area contributed by atoms with E-state index < -0.39 is 5.97 Å². The zero-order chi connectivity index (χ0) is 17.2. The second kappa shape index (κ2) is 6.73. The molecule has 0 spiro atoms. The molecule has 0 atom stereocenters. The Morgan fingerprint density at radius 2 is 1.92 bits per heavy atom. The zero-order valence-electron chi connectivity index (χ0n) is 13.5. The van der Waals surface area contributed by atoms with Gasteiger partial charge in [0.25, 0.3) is 0 Å². The lowest BCUT2D eigenvalue weighted by molar-refractivity contribution is -0.122. The van der Waals surface area contributed by atoms with Crippen molar-refractivity contribution in [3.63, 3.8) is 0 Å². The highest BCUT2D eigenvalue weighted by molar-refractivity contribution is 7.09. The highest BCUT2D eigenvalue weighted by Gasteiger charge is 2.39. The predicted molar refractivity (Wildman–Crippen MR) is 92.2 cm³/mol. The van der Waals surface area contributed by atoms with Gasteiger partial charge >= 0.3 is 5.97 Å². The minimum absolute atomic E-state index is 0.0483. The maximum absolute atomic E-state index is 12.5. The fourth-order valence-electron chi connectivity index (χ4n) is 3.21. The van der Waals surface area contributed by atoms with E-state index >= 15 is 0 Å². The standard InChI is InChI=1S/C18H20N2O3S/c1-12-11-24-17(19-12)18(8-2-3-9-18)20-15(21)10-13-4-6-14(7-5-13)16(22)23/h4-7,11H,2-3,8-10H2,1H3,(H,20,21)(H,22,23). The van der Waals surface area contributed by atoms with Crippen molar-refractivity contribution in [2.24, 2.45) is 0 Å². The number of carboxylic acids is 1. The third kappa shape index (κ3) is 3.48. The van der Waals surface area contributed by atoms with Crippen LogP contribution < -0.4 is 5.32 Å². The van der Waals surface area contributed by atoms with Gasteiger partial charge in [0.2, 0.25) is 5.91 Å². The minimum Gasteiger partial charge on any atom is -0.478 e. The molecular formula is C18H20N2O3S. The summed E-state index contributed by atoms with van der Waals surface area (Å²) in [5, 5.41) is 15.1. The molecule has 0 saturated heterocycles. The number of benzene rings is 1. The van der Waals surface area contributed by atoms with Crippen LogP contribution in [-0.4, -0.2) is 22.0 Å². The van der Waals surface area contributed by atoms with Crippen LogP contribution in [0, 0.1) is 6.92 Å². The molecule has 1 saturated carbocycles. The number of aromatic carboxylic acids is 1. The van der Waals surface area contributed by atoms with Crippen LogP contribution in [0.5, 0.6) is 0 Å². The number of amides is 1. The normalized spacial score (nSPS) is 16.0. The molecule has 0 bridgehead atoms. The zero-order valence-corrected chi connectivity index (χ0v) is 14.4. The summed E-state index contributed by atoms with van der Waals surface area (Å²) in [6, 6.07) is 6.44. The number of aryl methyl sites for hydroxylation is 1. The fourth-order valence-corrected chi connectivity index (χ4v) is 4.22. The molecule has 1 amide bonds. The van der Waals surface area contributed by atoms with E-state index in [4.69, 9.17) is 5.11 Å². The van der Waals surface area contributed by atoms with Crippen LogP contribution in [0.4, 0.5) is 0 Å². The smallest absolute Gasteiger partial charge is 0.335 e. The molecular weight excluding hydrogens is 324 g/mol. The van der Waals surface area contributed by atoms with Gasteiger partial charge in [0.1, 0.15) is 5.01 Å². The summed E-state index contributed by atoms with van der Waals surface area (Å²) in [6.07, 6.45) is 4.26. The SMILES string of the molecule is Cc1csc(C2(NC(=O)Cc3ccc(C(=O)O)cc3)CCCC2)n1. The van der Waals surface area contributed by atoms with Crippen molar-refractivity contribution in [1.82, 2.24) is 10.3 Å². The number of carbonyl (C=O) groups excluding carboxylic acids is 1.